The lowest BCUT2D eigenvalue weighted by Gasteiger charge is -2.36. The van der Waals surface area contributed by atoms with Crippen molar-refractivity contribution in [1.29, 1.82) is 0 Å². The molecule has 0 unspecified atom stereocenters. The molecule has 0 spiro atoms. The predicted octanol–water partition coefficient (Wildman–Crippen LogP) is 3.27. The van der Waals surface area contributed by atoms with E-state index in [0.717, 1.165) is 37.8 Å². The van der Waals surface area contributed by atoms with Crippen LogP contribution in [0.5, 0.6) is 0 Å². The average Bonchev–Trinajstić information content (AvgIpc) is 2.67. The van der Waals surface area contributed by atoms with E-state index in [1.54, 1.807) is 6.92 Å². The molecular weight excluding hydrogens is 340 g/mol. The third kappa shape index (κ3) is 5.76. The molecule has 1 aromatic carbocycles. The van der Waals surface area contributed by atoms with E-state index in [9.17, 15) is 4.79 Å². The molecule has 1 amide bonds. The maximum absolute atomic E-state index is 11.6. The minimum absolute atomic E-state index is 0.00512. The average molecular weight is 368 g/mol. The van der Waals surface area contributed by atoms with Gasteiger partial charge in [-0.3, -0.25) is 4.79 Å². The van der Waals surface area contributed by atoms with Crippen molar-refractivity contribution in [2.24, 2.45) is 0 Å². The first-order valence-corrected chi connectivity index (χ1v) is 9.66. The van der Waals surface area contributed by atoms with Crippen molar-refractivity contribution in [2.45, 2.75) is 57.8 Å². The Morgan fingerprint density at radius 2 is 1.93 bits per heavy atom. The van der Waals surface area contributed by atoms with E-state index in [0.29, 0.717) is 5.95 Å². The van der Waals surface area contributed by atoms with Crippen LogP contribution >= 0.6 is 0 Å². The molecule has 1 aliphatic rings. The number of nitrogens with one attached hydrogen (secondary N) is 2. The Balaban J connectivity index is 1.71. The summed E-state index contributed by atoms with van der Waals surface area (Å²) >= 11 is 0. The van der Waals surface area contributed by atoms with E-state index in [-0.39, 0.29) is 24.2 Å². The smallest absolute Gasteiger partial charge is 0.222 e. The number of nitrogens with zero attached hydrogens (tertiary/aromatic N) is 2. The number of rotatable bonds is 7. The standard InChI is InChI=1S/C21H28N4O2/c1-3-9-22-21-23-13-17(14-24-21)20-12-18(25-15(2)26)11-19(27-20)10-16-7-5-4-6-8-16/h4-8,13-14,18-20H,3,9-12H2,1-2H3,(H,25,26)(H,22,23,24)/t18-,19+,20+/m1/s1. The van der Waals surface area contributed by atoms with Crippen LogP contribution in [0.15, 0.2) is 42.7 Å². The number of aromatic nitrogens is 2. The van der Waals surface area contributed by atoms with Crippen molar-refractivity contribution in [1.82, 2.24) is 15.3 Å². The van der Waals surface area contributed by atoms with Crippen LogP contribution in [0.3, 0.4) is 0 Å². The number of anilines is 1. The third-order valence-electron chi connectivity index (χ3n) is 4.69. The van der Waals surface area contributed by atoms with Crippen LogP contribution in [-0.4, -0.2) is 34.6 Å². The van der Waals surface area contributed by atoms with Crippen molar-refractivity contribution in [3.05, 3.63) is 53.9 Å². The van der Waals surface area contributed by atoms with Gasteiger partial charge in [-0.2, -0.15) is 0 Å². The predicted molar refractivity (Wildman–Crippen MR) is 105 cm³/mol. The number of ether oxygens (including phenoxy) is 1. The Labute approximate surface area is 160 Å². The van der Waals surface area contributed by atoms with Gasteiger partial charge in [0, 0.05) is 37.5 Å². The molecule has 0 saturated carbocycles. The zero-order valence-electron chi connectivity index (χ0n) is 16.0. The number of carbonyl (C=O) groups is 1. The van der Waals surface area contributed by atoms with E-state index in [4.69, 9.17) is 4.74 Å². The summed E-state index contributed by atoms with van der Waals surface area (Å²) in [5, 5.41) is 6.25. The second-order valence-electron chi connectivity index (χ2n) is 7.07. The van der Waals surface area contributed by atoms with Crippen molar-refractivity contribution in [3.8, 4) is 0 Å². The maximum Gasteiger partial charge on any atom is 0.222 e. The highest BCUT2D eigenvalue weighted by Gasteiger charge is 2.31. The molecule has 2 N–H and O–H groups in total. The molecule has 1 saturated heterocycles. The third-order valence-corrected chi connectivity index (χ3v) is 4.69. The topological polar surface area (TPSA) is 76.1 Å². The molecule has 27 heavy (non-hydrogen) atoms. The Kier molecular flexibility index (Phi) is 6.76. The molecule has 0 radical (unpaired) electrons. The van der Waals surface area contributed by atoms with Crippen LogP contribution in [-0.2, 0) is 16.0 Å². The lowest BCUT2D eigenvalue weighted by molar-refractivity contribution is -0.122. The largest absolute Gasteiger partial charge is 0.370 e. The van der Waals surface area contributed by atoms with E-state index in [1.165, 1.54) is 5.56 Å². The second-order valence-corrected chi connectivity index (χ2v) is 7.07. The van der Waals surface area contributed by atoms with E-state index < -0.39 is 0 Å². The van der Waals surface area contributed by atoms with Crippen LogP contribution < -0.4 is 10.6 Å². The Morgan fingerprint density at radius 1 is 1.19 bits per heavy atom. The van der Waals surface area contributed by atoms with Crippen LogP contribution in [0, 0.1) is 0 Å². The highest BCUT2D eigenvalue weighted by atomic mass is 16.5. The molecule has 2 heterocycles. The van der Waals surface area contributed by atoms with Gasteiger partial charge in [-0.05, 0) is 31.2 Å². The Hall–Kier alpha value is -2.47. The molecule has 0 bridgehead atoms. The second kappa shape index (κ2) is 9.46. The normalized spacial score (nSPS) is 22.2. The first-order chi connectivity index (χ1) is 13.1. The summed E-state index contributed by atoms with van der Waals surface area (Å²) in [5.41, 5.74) is 2.19. The van der Waals surface area contributed by atoms with Crippen molar-refractivity contribution >= 4 is 11.9 Å². The first-order valence-electron chi connectivity index (χ1n) is 9.66. The highest BCUT2D eigenvalue weighted by molar-refractivity contribution is 5.73. The van der Waals surface area contributed by atoms with Crippen molar-refractivity contribution in [3.63, 3.8) is 0 Å². The first kappa shape index (κ1) is 19.3. The number of carbonyl (C=O) groups excluding carboxylic acids is 1. The molecule has 2 aromatic rings. The lowest BCUT2D eigenvalue weighted by Crippen LogP contribution is -2.42. The fourth-order valence-corrected chi connectivity index (χ4v) is 3.48. The van der Waals surface area contributed by atoms with Gasteiger partial charge in [-0.25, -0.2) is 9.97 Å². The Bertz CT molecular complexity index is 721. The molecule has 3 rings (SSSR count). The monoisotopic (exact) mass is 368 g/mol. The van der Waals surface area contributed by atoms with Crippen LogP contribution in [0.25, 0.3) is 0 Å². The van der Waals surface area contributed by atoms with Crippen molar-refractivity contribution in [2.75, 3.05) is 11.9 Å². The minimum Gasteiger partial charge on any atom is -0.370 e. The van der Waals surface area contributed by atoms with Gasteiger partial charge in [0.25, 0.3) is 0 Å². The summed E-state index contributed by atoms with van der Waals surface area (Å²) in [7, 11) is 0. The highest BCUT2D eigenvalue weighted by Crippen LogP contribution is 2.32. The summed E-state index contributed by atoms with van der Waals surface area (Å²) in [6.45, 7) is 4.52. The molecule has 1 aliphatic heterocycles. The fraction of sp³-hybridized carbons (Fsp3) is 0.476. The maximum atomic E-state index is 11.6. The van der Waals surface area contributed by atoms with Gasteiger partial charge in [0.05, 0.1) is 12.2 Å². The van der Waals surface area contributed by atoms with Gasteiger partial charge in [-0.15, -0.1) is 0 Å². The molecule has 144 valence electrons. The van der Waals surface area contributed by atoms with Gasteiger partial charge in [0.1, 0.15) is 0 Å². The van der Waals surface area contributed by atoms with Crippen molar-refractivity contribution < 1.29 is 9.53 Å². The zero-order chi connectivity index (χ0) is 19.1. The molecular formula is C21H28N4O2. The fourth-order valence-electron chi connectivity index (χ4n) is 3.48. The van der Waals surface area contributed by atoms with E-state index >= 15 is 0 Å². The van der Waals surface area contributed by atoms with Gasteiger partial charge in [-0.1, -0.05) is 37.3 Å². The van der Waals surface area contributed by atoms with Gasteiger partial charge >= 0.3 is 0 Å². The SMILES string of the molecule is CCCNc1ncc([C@@H]2C[C@H](NC(C)=O)C[C@H](Cc3ccccc3)O2)cn1. The minimum atomic E-state index is -0.121. The number of benzene rings is 1. The van der Waals surface area contributed by atoms with E-state index in [2.05, 4.69) is 39.7 Å². The van der Waals surface area contributed by atoms with E-state index in [1.807, 2.05) is 30.6 Å². The summed E-state index contributed by atoms with van der Waals surface area (Å²) in [6, 6.07) is 10.4. The lowest BCUT2D eigenvalue weighted by atomic mass is 9.92. The van der Waals surface area contributed by atoms with Gasteiger partial charge < -0.3 is 15.4 Å². The number of hydrogen-bond acceptors (Lipinski definition) is 5. The molecule has 0 aliphatic carbocycles. The molecule has 3 atom stereocenters. The number of amides is 1. The molecule has 1 aromatic heterocycles. The summed E-state index contributed by atoms with van der Waals surface area (Å²) in [4.78, 5) is 20.4. The van der Waals surface area contributed by atoms with Crippen LogP contribution in [0.1, 0.15) is 50.3 Å². The zero-order valence-corrected chi connectivity index (χ0v) is 16.0. The molecule has 6 heteroatoms. The van der Waals surface area contributed by atoms with Crippen LogP contribution in [0.4, 0.5) is 5.95 Å². The summed E-state index contributed by atoms with van der Waals surface area (Å²) in [6.07, 6.45) is 6.96. The summed E-state index contributed by atoms with van der Waals surface area (Å²) < 4.78 is 6.36. The Morgan fingerprint density at radius 3 is 2.59 bits per heavy atom. The quantitative estimate of drug-likeness (QED) is 0.784. The molecule has 1 fully saturated rings. The van der Waals surface area contributed by atoms with Gasteiger partial charge in [0.15, 0.2) is 0 Å². The van der Waals surface area contributed by atoms with Crippen LogP contribution in [0.2, 0.25) is 0 Å². The number of hydrogen-bond donors (Lipinski definition) is 2. The van der Waals surface area contributed by atoms with Gasteiger partial charge in [0.2, 0.25) is 11.9 Å². The molecule has 6 nitrogen and oxygen atoms in total. The summed E-state index contributed by atoms with van der Waals surface area (Å²) in [5.74, 6) is 0.630.